The van der Waals surface area contributed by atoms with Gasteiger partial charge in [0.2, 0.25) is 5.28 Å². The number of halogens is 2. The van der Waals surface area contributed by atoms with Gasteiger partial charge in [-0.05, 0) is 37.6 Å². The van der Waals surface area contributed by atoms with E-state index in [4.69, 9.17) is 27.9 Å². The third-order valence-electron chi connectivity index (χ3n) is 2.62. The van der Waals surface area contributed by atoms with Gasteiger partial charge in [0.25, 0.3) is 0 Å². The molecule has 0 bridgehead atoms. The van der Waals surface area contributed by atoms with Crippen molar-refractivity contribution in [2.45, 2.75) is 19.9 Å². The van der Waals surface area contributed by atoms with Gasteiger partial charge < -0.3 is 10.1 Å². The Bertz CT molecular complexity index is 575. The van der Waals surface area contributed by atoms with Crippen LogP contribution in [0, 0.1) is 6.92 Å². The summed E-state index contributed by atoms with van der Waals surface area (Å²) < 4.78 is 5.68. The van der Waals surface area contributed by atoms with Crippen LogP contribution in [0.3, 0.4) is 0 Å². The smallest absolute Gasteiger partial charge is 0.224 e. The van der Waals surface area contributed by atoms with Crippen molar-refractivity contribution in [3.05, 3.63) is 46.3 Å². The molecule has 1 aromatic heterocycles. The highest BCUT2D eigenvalue weighted by Crippen LogP contribution is 2.20. The molecular formula is C14H15Cl2N3O. The van der Waals surface area contributed by atoms with Gasteiger partial charge in [0, 0.05) is 0 Å². The standard InChI is InChI=1S/C14H15Cl2N3O/c1-9-3-5-11(6-4-9)20-8-10(2)18-13-12(15)7-17-14(16)19-13/h3-7,10H,8H2,1-2H3,(H,17,18,19). The van der Waals surface area contributed by atoms with Crippen molar-refractivity contribution in [1.29, 1.82) is 0 Å². The average Bonchev–Trinajstić information content (AvgIpc) is 2.42. The van der Waals surface area contributed by atoms with E-state index in [1.54, 1.807) is 0 Å². The molecule has 0 amide bonds. The quantitative estimate of drug-likeness (QED) is 0.849. The molecule has 20 heavy (non-hydrogen) atoms. The first kappa shape index (κ1) is 14.9. The summed E-state index contributed by atoms with van der Waals surface area (Å²) in [6, 6.07) is 7.93. The summed E-state index contributed by atoms with van der Waals surface area (Å²) in [5.41, 5.74) is 1.20. The lowest BCUT2D eigenvalue weighted by Crippen LogP contribution is -2.24. The van der Waals surface area contributed by atoms with Crippen molar-refractivity contribution in [1.82, 2.24) is 9.97 Å². The third-order valence-corrected chi connectivity index (χ3v) is 3.08. The first-order valence-corrected chi connectivity index (χ1v) is 6.94. The molecule has 0 saturated heterocycles. The number of anilines is 1. The van der Waals surface area contributed by atoms with Gasteiger partial charge in [-0.2, -0.15) is 4.98 Å². The van der Waals surface area contributed by atoms with E-state index in [0.717, 1.165) is 5.75 Å². The maximum Gasteiger partial charge on any atom is 0.224 e. The van der Waals surface area contributed by atoms with E-state index in [1.807, 2.05) is 38.1 Å². The molecule has 0 fully saturated rings. The second-order valence-electron chi connectivity index (χ2n) is 4.51. The summed E-state index contributed by atoms with van der Waals surface area (Å²) in [7, 11) is 0. The van der Waals surface area contributed by atoms with E-state index in [9.17, 15) is 0 Å². The largest absolute Gasteiger partial charge is 0.491 e. The van der Waals surface area contributed by atoms with Gasteiger partial charge in [-0.25, -0.2) is 4.98 Å². The van der Waals surface area contributed by atoms with E-state index in [-0.39, 0.29) is 11.3 Å². The zero-order valence-corrected chi connectivity index (χ0v) is 12.7. The second-order valence-corrected chi connectivity index (χ2v) is 5.25. The van der Waals surface area contributed by atoms with Gasteiger partial charge in [-0.15, -0.1) is 0 Å². The van der Waals surface area contributed by atoms with Gasteiger partial charge in [-0.3, -0.25) is 0 Å². The van der Waals surface area contributed by atoms with Crippen LogP contribution >= 0.6 is 23.2 Å². The molecule has 1 heterocycles. The van der Waals surface area contributed by atoms with E-state index in [2.05, 4.69) is 15.3 Å². The fraction of sp³-hybridized carbons (Fsp3) is 0.286. The molecule has 2 rings (SSSR count). The molecule has 0 aliphatic rings. The maximum atomic E-state index is 5.99. The zero-order chi connectivity index (χ0) is 14.5. The molecular weight excluding hydrogens is 297 g/mol. The average molecular weight is 312 g/mol. The SMILES string of the molecule is Cc1ccc(OCC(C)Nc2nc(Cl)ncc2Cl)cc1. The highest BCUT2D eigenvalue weighted by molar-refractivity contribution is 6.33. The molecule has 6 heteroatoms. The zero-order valence-electron chi connectivity index (χ0n) is 11.2. The van der Waals surface area contributed by atoms with Crippen LogP contribution < -0.4 is 10.1 Å². The van der Waals surface area contributed by atoms with Crippen LogP contribution in [0.2, 0.25) is 10.3 Å². The Morgan fingerprint density at radius 1 is 1.25 bits per heavy atom. The predicted octanol–water partition coefficient (Wildman–Crippen LogP) is 3.97. The molecule has 1 unspecified atom stereocenters. The Morgan fingerprint density at radius 3 is 2.65 bits per heavy atom. The molecule has 0 aliphatic heterocycles. The van der Waals surface area contributed by atoms with Crippen LogP contribution in [-0.2, 0) is 0 Å². The summed E-state index contributed by atoms with van der Waals surface area (Å²) in [5, 5.41) is 3.72. The lowest BCUT2D eigenvalue weighted by Gasteiger charge is -2.16. The second kappa shape index (κ2) is 6.77. The number of hydrogen-bond acceptors (Lipinski definition) is 4. The maximum absolute atomic E-state index is 5.99. The van der Waals surface area contributed by atoms with E-state index < -0.39 is 0 Å². The van der Waals surface area contributed by atoms with Crippen molar-refractivity contribution < 1.29 is 4.74 Å². The van der Waals surface area contributed by atoms with Crippen molar-refractivity contribution >= 4 is 29.0 Å². The minimum absolute atomic E-state index is 0.0276. The summed E-state index contributed by atoms with van der Waals surface area (Å²) in [5.74, 6) is 1.34. The van der Waals surface area contributed by atoms with Crippen molar-refractivity contribution in [3.8, 4) is 5.75 Å². The van der Waals surface area contributed by atoms with Crippen molar-refractivity contribution in [2.75, 3.05) is 11.9 Å². The molecule has 1 atom stereocenters. The number of aryl methyl sites for hydroxylation is 1. The minimum Gasteiger partial charge on any atom is -0.491 e. The summed E-state index contributed by atoms with van der Waals surface area (Å²) >= 11 is 11.7. The molecule has 0 aliphatic carbocycles. The minimum atomic E-state index is 0.0276. The summed E-state index contributed by atoms with van der Waals surface area (Å²) in [4.78, 5) is 7.83. The molecule has 106 valence electrons. The Hall–Kier alpha value is -1.52. The Morgan fingerprint density at radius 2 is 1.95 bits per heavy atom. The molecule has 1 aromatic carbocycles. The number of rotatable bonds is 5. The van der Waals surface area contributed by atoms with E-state index >= 15 is 0 Å². The molecule has 0 spiro atoms. The van der Waals surface area contributed by atoms with Crippen LogP contribution in [0.1, 0.15) is 12.5 Å². The van der Waals surface area contributed by atoms with Gasteiger partial charge in [0.05, 0.1) is 12.2 Å². The molecule has 0 saturated carbocycles. The Labute approximate surface area is 128 Å². The fourth-order valence-corrected chi connectivity index (χ4v) is 1.86. The number of nitrogens with zero attached hydrogens (tertiary/aromatic N) is 2. The van der Waals surface area contributed by atoms with Gasteiger partial charge in [0.1, 0.15) is 23.2 Å². The monoisotopic (exact) mass is 311 g/mol. The fourth-order valence-electron chi connectivity index (χ4n) is 1.58. The molecule has 2 aromatic rings. The number of ether oxygens (including phenoxy) is 1. The Kier molecular flexibility index (Phi) is 5.04. The first-order chi connectivity index (χ1) is 9.54. The highest BCUT2D eigenvalue weighted by Gasteiger charge is 2.09. The van der Waals surface area contributed by atoms with Crippen LogP contribution in [-0.4, -0.2) is 22.6 Å². The normalized spacial score (nSPS) is 12.0. The van der Waals surface area contributed by atoms with Crippen molar-refractivity contribution in [3.63, 3.8) is 0 Å². The van der Waals surface area contributed by atoms with Gasteiger partial charge >= 0.3 is 0 Å². The Balaban J connectivity index is 1.90. The third kappa shape index (κ3) is 4.25. The molecule has 0 radical (unpaired) electrons. The van der Waals surface area contributed by atoms with Crippen LogP contribution in [0.25, 0.3) is 0 Å². The van der Waals surface area contributed by atoms with Crippen molar-refractivity contribution in [2.24, 2.45) is 0 Å². The van der Waals surface area contributed by atoms with Gasteiger partial charge in [0.15, 0.2) is 0 Å². The predicted molar refractivity (Wildman–Crippen MR) is 81.8 cm³/mol. The molecule has 1 N–H and O–H groups in total. The van der Waals surface area contributed by atoms with E-state index in [1.165, 1.54) is 11.8 Å². The van der Waals surface area contributed by atoms with Crippen LogP contribution in [0.15, 0.2) is 30.5 Å². The van der Waals surface area contributed by atoms with E-state index in [0.29, 0.717) is 17.4 Å². The molecule has 4 nitrogen and oxygen atoms in total. The number of benzene rings is 1. The van der Waals surface area contributed by atoms with Gasteiger partial charge in [-0.1, -0.05) is 29.3 Å². The lowest BCUT2D eigenvalue weighted by molar-refractivity contribution is 0.303. The lowest BCUT2D eigenvalue weighted by atomic mass is 10.2. The first-order valence-electron chi connectivity index (χ1n) is 6.18. The number of aromatic nitrogens is 2. The number of hydrogen-bond donors (Lipinski definition) is 1. The number of nitrogens with one attached hydrogen (secondary N) is 1. The van der Waals surface area contributed by atoms with Crippen LogP contribution in [0.5, 0.6) is 5.75 Å². The summed E-state index contributed by atoms with van der Waals surface area (Å²) in [6.45, 7) is 4.50. The highest BCUT2D eigenvalue weighted by atomic mass is 35.5. The topological polar surface area (TPSA) is 47.0 Å². The van der Waals surface area contributed by atoms with Crippen LogP contribution in [0.4, 0.5) is 5.82 Å². The summed E-state index contributed by atoms with van der Waals surface area (Å²) in [6.07, 6.45) is 1.47.